The molecule has 1 aliphatic rings. The van der Waals surface area contributed by atoms with Crippen molar-refractivity contribution < 1.29 is 13.6 Å². The Hall–Kier alpha value is -3.07. The third-order valence-electron chi connectivity index (χ3n) is 4.58. The third kappa shape index (κ3) is 3.07. The lowest BCUT2D eigenvalue weighted by atomic mass is 10.1. The lowest BCUT2D eigenvalue weighted by molar-refractivity contribution is 0.146. The maximum Gasteiger partial charge on any atom is 0.330 e. The first-order chi connectivity index (χ1) is 13.3. The van der Waals surface area contributed by atoms with Crippen LogP contribution in [-0.2, 0) is 6.54 Å². The lowest BCUT2D eigenvalue weighted by Crippen LogP contribution is -2.46. The van der Waals surface area contributed by atoms with Gasteiger partial charge in [-0.25, -0.2) is 23.5 Å². The van der Waals surface area contributed by atoms with Gasteiger partial charge in [-0.3, -0.25) is 9.80 Å². The topological polar surface area (TPSA) is 78.0 Å². The highest BCUT2D eigenvalue weighted by Crippen LogP contribution is 2.34. The van der Waals surface area contributed by atoms with Crippen molar-refractivity contribution in [2.45, 2.75) is 19.9 Å². The largest absolute Gasteiger partial charge is 0.337 e. The molecule has 0 fully saturated rings. The van der Waals surface area contributed by atoms with Gasteiger partial charge in [-0.1, -0.05) is 12.1 Å². The molecule has 0 saturated carbocycles. The number of hydrogen-bond donors (Lipinski definition) is 1. The van der Waals surface area contributed by atoms with Crippen molar-refractivity contribution >= 4 is 29.1 Å². The van der Waals surface area contributed by atoms with Gasteiger partial charge < -0.3 is 4.98 Å². The average Bonchev–Trinajstić information content (AvgIpc) is 3.16. The number of nitrogens with zero attached hydrogens (tertiary/aromatic N) is 5. The number of H-pyrrole nitrogens is 1. The minimum Gasteiger partial charge on any atom is -0.337 e. The molecule has 0 saturated heterocycles. The van der Waals surface area contributed by atoms with Crippen molar-refractivity contribution in [3.63, 3.8) is 0 Å². The Bertz CT molecular complexity index is 1070. The molecule has 0 aliphatic carbocycles. The van der Waals surface area contributed by atoms with Gasteiger partial charge in [0.15, 0.2) is 0 Å². The molecular weight excluding hydrogens is 390 g/mol. The standard InChI is InChI=1S/C18H15ClF2N6O/c1-9-3-4-10(15-22-7-12(24-15)14(20)21)5-13(9)27-8-11-6-23-17(19)25-16(11)26(2)18(27)28/h3-7,14H,8H2,1-2H3,(H,22,24). The summed E-state index contributed by atoms with van der Waals surface area (Å²) in [6.07, 6.45) is 0.0598. The van der Waals surface area contributed by atoms with Gasteiger partial charge in [-0.2, -0.15) is 4.98 Å². The van der Waals surface area contributed by atoms with Crippen LogP contribution in [0.4, 0.5) is 25.1 Å². The second kappa shape index (κ2) is 6.83. The van der Waals surface area contributed by atoms with Crippen LogP contribution in [0.15, 0.2) is 30.6 Å². The summed E-state index contributed by atoms with van der Waals surface area (Å²) in [6.45, 7) is 2.13. The van der Waals surface area contributed by atoms with E-state index in [4.69, 9.17) is 11.6 Å². The van der Waals surface area contributed by atoms with E-state index in [0.717, 1.165) is 17.3 Å². The number of benzene rings is 1. The number of urea groups is 1. The summed E-state index contributed by atoms with van der Waals surface area (Å²) in [5, 5.41) is 0.0673. The first-order valence-corrected chi connectivity index (χ1v) is 8.73. The molecule has 0 unspecified atom stereocenters. The minimum atomic E-state index is -2.63. The number of aromatic nitrogens is 4. The Morgan fingerprint density at radius 1 is 1.25 bits per heavy atom. The van der Waals surface area contributed by atoms with Crippen LogP contribution < -0.4 is 9.80 Å². The number of fused-ring (bicyclic) bond motifs is 1. The first-order valence-electron chi connectivity index (χ1n) is 8.36. The van der Waals surface area contributed by atoms with Crippen molar-refractivity contribution in [1.29, 1.82) is 0 Å². The van der Waals surface area contributed by atoms with E-state index < -0.39 is 6.43 Å². The molecule has 144 valence electrons. The van der Waals surface area contributed by atoms with Crippen LogP contribution in [0.3, 0.4) is 0 Å². The molecule has 1 N–H and O–H groups in total. The Kier molecular flexibility index (Phi) is 4.46. The Morgan fingerprint density at radius 3 is 2.75 bits per heavy atom. The normalized spacial score (nSPS) is 14.0. The number of carbonyl (C=O) groups excluding carboxylic acids is 1. The maximum absolute atomic E-state index is 12.9. The quantitative estimate of drug-likeness (QED) is 0.658. The van der Waals surface area contributed by atoms with Crippen molar-refractivity contribution in [1.82, 2.24) is 19.9 Å². The van der Waals surface area contributed by atoms with Crippen LogP contribution in [-0.4, -0.2) is 33.0 Å². The minimum absolute atomic E-state index is 0.0673. The van der Waals surface area contributed by atoms with Crippen LogP contribution in [0.2, 0.25) is 5.28 Å². The SMILES string of the molecule is Cc1ccc(-c2ncc(C(F)F)[nH]2)cc1N1Cc2cnc(Cl)nc2N(C)C1=O. The van der Waals surface area contributed by atoms with E-state index in [9.17, 15) is 13.6 Å². The molecule has 4 rings (SSSR count). The second-order valence-corrected chi connectivity index (χ2v) is 6.74. The molecule has 0 bridgehead atoms. The molecule has 7 nitrogen and oxygen atoms in total. The molecule has 1 aliphatic heterocycles. The summed E-state index contributed by atoms with van der Waals surface area (Å²) in [5.41, 5.74) is 2.58. The van der Waals surface area contributed by atoms with Crippen LogP contribution in [0.5, 0.6) is 0 Å². The van der Waals surface area contributed by atoms with Crippen molar-refractivity contribution in [2.75, 3.05) is 16.8 Å². The van der Waals surface area contributed by atoms with Crippen molar-refractivity contribution in [3.05, 3.63) is 52.7 Å². The van der Waals surface area contributed by atoms with Gasteiger partial charge in [0.25, 0.3) is 6.43 Å². The summed E-state index contributed by atoms with van der Waals surface area (Å²) in [5.74, 6) is 0.771. The smallest absolute Gasteiger partial charge is 0.330 e. The van der Waals surface area contributed by atoms with E-state index in [2.05, 4.69) is 19.9 Å². The fourth-order valence-electron chi connectivity index (χ4n) is 3.12. The Balaban J connectivity index is 1.74. The number of alkyl halides is 2. The van der Waals surface area contributed by atoms with E-state index >= 15 is 0 Å². The molecule has 0 atom stereocenters. The molecule has 3 aromatic rings. The highest BCUT2D eigenvalue weighted by Gasteiger charge is 2.31. The zero-order valence-corrected chi connectivity index (χ0v) is 15.7. The van der Waals surface area contributed by atoms with Crippen LogP contribution in [0.1, 0.15) is 23.2 Å². The molecule has 3 heterocycles. The number of imidazole rings is 1. The number of amides is 2. The number of nitrogens with one attached hydrogen (secondary N) is 1. The molecular formula is C18H15ClF2N6O. The molecule has 1 aromatic carbocycles. The summed E-state index contributed by atoms with van der Waals surface area (Å²) >= 11 is 5.84. The van der Waals surface area contributed by atoms with Crippen molar-refractivity contribution in [2.24, 2.45) is 0 Å². The highest BCUT2D eigenvalue weighted by molar-refractivity contribution is 6.28. The Morgan fingerprint density at radius 2 is 2.04 bits per heavy atom. The van der Waals surface area contributed by atoms with E-state index in [0.29, 0.717) is 22.9 Å². The highest BCUT2D eigenvalue weighted by atomic mass is 35.5. The molecule has 10 heteroatoms. The second-order valence-electron chi connectivity index (χ2n) is 6.40. The summed E-state index contributed by atoms with van der Waals surface area (Å²) in [6, 6.07) is 5.05. The van der Waals surface area contributed by atoms with E-state index in [1.807, 2.05) is 13.0 Å². The Labute approximate surface area is 164 Å². The van der Waals surface area contributed by atoms with Gasteiger partial charge in [0.1, 0.15) is 17.3 Å². The fraction of sp³-hybridized carbons (Fsp3) is 0.222. The first kappa shape index (κ1) is 18.3. The van der Waals surface area contributed by atoms with Gasteiger partial charge in [0, 0.05) is 30.1 Å². The summed E-state index contributed by atoms with van der Waals surface area (Å²) in [7, 11) is 1.61. The number of hydrogen-bond acceptors (Lipinski definition) is 4. The number of aryl methyl sites for hydroxylation is 1. The maximum atomic E-state index is 12.9. The fourth-order valence-corrected chi connectivity index (χ4v) is 3.25. The van der Waals surface area contributed by atoms with Crippen LogP contribution >= 0.6 is 11.6 Å². The number of rotatable bonds is 3. The molecule has 0 spiro atoms. The number of halogens is 3. The van der Waals surface area contributed by atoms with Gasteiger partial charge in [0.05, 0.1) is 12.7 Å². The molecule has 0 radical (unpaired) electrons. The third-order valence-corrected chi connectivity index (χ3v) is 4.76. The summed E-state index contributed by atoms with van der Waals surface area (Å²) < 4.78 is 25.7. The van der Waals surface area contributed by atoms with Gasteiger partial charge in [0.2, 0.25) is 5.28 Å². The molecule has 28 heavy (non-hydrogen) atoms. The van der Waals surface area contributed by atoms with Crippen LogP contribution in [0.25, 0.3) is 11.4 Å². The van der Waals surface area contributed by atoms with Crippen LogP contribution in [0, 0.1) is 6.92 Å². The monoisotopic (exact) mass is 404 g/mol. The number of anilines is 2. The van der Waals surface area contributed by atoms with Crippen molar-refractivity contribution in [3.8, 4) is 11.4 Å². The lowest BCUT2D eigenvalue weighted by Gasteiger charge is -2.34. The number of carbonyl (C=O) groups is 1. The predicted octanol–water partition coefficient (Wildman–Crippen LogP) is 4.34. The van der Waals surface area contributed by atoms with E-state index in [1.165, 1.54) is 4.90 Å². The van der Waals surface area contributed by atoms with E-state index in [-0.39, 0.29) is 23.6 Å². The van der Waals surface area contributed by atoms with Gasteiger partial charge >= 0.3 is 6.03 Å². The molecule has 2 aromatic heterocycles. The van der Waals surface area contributed by atoms with E-state index in [1.54, 1.807) is 30.3 Å². The molecule has 2 amide bonds. The van der Waals surface area contributed by atoms with Gasteiger partial charge in [-0.15, -0.1) is 0 Å². The average molecular weight is 405 g/mol. The summed E-state index contributed by atoms with van der Waals surface area (Å²) in [4.78, 5) is 30.6. The zero-order valence-electron chi connectivity index (χ0n) is 14.9. The number of aromatic amines is 1. The zero-order chi connectivity index (χ0) is 20.0. The van der Waals surface area contributed by atoms with Gasteiger partial charge in [-0.05, 0) is 30.2 Å². The predicted molar refractivity (Wildman–Crippen MR) is 101 cm³/mol.